The van der Waals surface area contributed by atoms with Crippen molar-refractivity contribution >= 4 is 32.6 Å². The van der Waals surface area contributed by atoms with Gasteiger partial charge in [0.2, 0.25) is 5.91 Å². The van der Waals surface area contributed by atoms with Gasteiger partial charge in [0.05, 0.1) is 0 Å². The molecular formula is C15H15BrN2O. The van der Waals surface area contributed by atoms with Crippen molar-refractivity contribution in [2.75, 3.05) is 11.9 Å². The first-order chi connectivity index (χ1) is 9.28. The van der Waals surface area contributed by atoms with Crippen molar-refractivity contribution in [3.63, 3.8) is 0 Å². The summed E-state index contributed by atoms with van der Waals surface area (Å²) in [6.45, 7) is 1.50. The molecule has 3 nitrogen and oxygen atoms in total. The topological polar surface area (TPSA) is 33.2 Å². The van der Waals surface area contributed by atoms with Gasteiger partial charge < -0.3 is 4.90 Å². The number of carbonyl (C=O) groups excluding carboxylic acids is 1. The number of pyridine rings is 1. The van der Waals surface area contributed by atoms with Crippen molar-refractivity contribution in [1.29, 1.82) is 0 Å². The molecule has 19 heavy (non-hydrogen) atoms. The Morgan fingerprint density at radius 3 is 2.95 bits per heavy atom. The standard InChI is InChI=1S/C15H15BrN2O/c16-6-11-5-15(19)18(9-11)10-13-8-17-7-12-3-1-2-4-14(12)13/h1-4,7-8,11H,5-6,9-10H2. The minimum Gasteiger partial charge on any atom is -0.338 e. The van der Waals surface area contributed by atoms with E-state index in [1.807, 2.05) is 29.4 Å². The van der Waals surface area contributed by atoms with Gasteiger partial charge in [-0.25, -0.2) is 0 Å². The van der Waals surface area contributed by atoms with Crippen LogP contribution in [-0.2, 0) is 11.3 Å². The summed E-state index contributed by atoms with van der Waals surface area (Å²) in [6, 6.07) is 8.18. The van der Waals surface area contributed by atoms with E-state index in [1.54, 1.807) is 0 Å². The molecule has 1 aromatic carbocycles. The second-order valence-corrected chi connectivity index (χ2v) is 5.67. The normalized spacial score (nSPS) is 19.3. The number of halogens is 1. The van der Waals surface area contributed by atoms with Gasteiger partial charge in [0, 0.05) is 42.6 Å². The van der Waals surface area contributed by atoms with Crippen molar-refractivity contribution in [2.45, 2.75) is 13.0 Å². The Morgan fingerprint density at radius 2 is 2.16 bits per heavy atom. The number of nitrogens with zero attached hydrogens (tertiary/aromatic N) is 2. The SMILES string of the molecule is O=C1CC(CBr)CN1Cc1cncc2ccccc12. The third kappa shape index (κ3) is 2.50. The van der Waals surface area contributed by atoms with Crippen LogP contribution >= 0.6 is 15.9 Å². The maximum atomic E-state index is 12.0. The number of aromatic nitrogens is 1. The third-order valence-electron chi connectivity index (χ3n) is 3.62. The van der Waals surface area contributed by atoms with E-state index in [0.717, 1.165) is 22.8 Å². The first kappa shape index (κ1) is 12.6. The van der Waals surface area contributed by atoms with Gasteiger partial charge in [-0.2, -0.15) is 0 Å². The predicted molar refractivity (Wildman–Crippen MR) is 79.1 cm³/mol. The Balaban J connectivity index is 1.88. The molecule has 0 spiro atoms. The maximum absolute atomic E-state index is 12.0. The van der Waals surface area contributed by atoms with E-state index in [-0.39, 0.29) is 5.91 Å². The first-order valence-electron chi connectivity index (χ1n) is 6.43. The number of benzene rings is 1. The summed E-state index contributed by atoms with van der Waals surface area (Å²) in [5, 5.41) is 3.21. The Kier molecular flexibility index (Phi) is 3.51. The van der Waals surface area contributed by atoms with Crippen molar-refractivity contribution < 1.29 is 4.79 Å². The molecule has 1 atom stereocenters. The van der Waals surface area contributed by atoms with E-state index >= 15 is 0 Å². The number of likely N-dealkylation sites (tertiary alicyclic amines) is 1. The number of fused-ring (bicyclic) bond motifs is 1. The smallest absolute Gasteiger partial charge is 0.223 e. The fraction of sp³-hybridized carbons (Fsp3) is 0.333. The van der Waals surface area contributed by atoms with Crippen LogP contribution < -0.4 is 0 Å². The van der Waals surface area contributed by atoms with E-state index in [9.17, 15) is 4.79 Å². The number of amides is 1. The van der Waals surface area contributed by atoms with Gasteiger partial charge in [0.1, 0.15) is 0 Å². The van der Waals surface area contributed by atoms with E-state index in [2.05, 4.69) is 33.0 Å². The summed E-state index contributed by atoms with van der Waals surface area (Å²) >= 11 is 3.47. The first-order valence-corrected chi connectivity index (χ1v) is 7.55. The zero-order chi connectivity index (χ0) is 13.2. The van der Waals surface area contributed by atoms with Gasteiger partial charge in [0.15, 0.2) is 0 Å². The molecule has 0 aliphatic carbocycles. The summed E-state index contributed by atoms with van der Waals surface area (Å²) in [5.74, 6) is 0.688. The fourth-order valence-electron chi connectivity index (χ4n) is 2.62. The van der Waals surface area contributed by atoms with E-state index < -0.39 is 0 Å². The molecular weight excluding hydrogens is 304 g/mol. The summed E-state index contributed by atoms with van der Waals surface area (Å²) in [6.07, 6.45) is 4.40. The van der Waals surface area contributed by atoms with Crippen LogP contribution in [0.5, 0.6) is 0 Å². The van der Waals surface area contributed by atoms with Crippen LogP contribution in [-0.4, -0.2) is 27.7 Å². The lowest BCUT2D eigenvalue weighted by atomic mass is 10.1. The summed E-state index contributed by atoms with van der Waals surface area (Å²) in [5.41, 5.74) is 1.13. The second-order valence-electron chi connectivity index (χ2n) is 5.02. The van der Waals surface area contributed by atoms with E-state index in [0.29, 0.717) is 18.9 Å². The zero-order valence-electron chi connectivity index (χ0n) is 10.6. The number of hydrogen-bond acceptors (Lipinski definition) is 2. The van der Waals surface area contributed by atoms with Crippen molar-refractivity contribution in [3.05, 3.63) is 42.2 Å². The van der Waals surface area contributed by atoms with Gasteiger partial charge in [-0.05, 0) is 16.9 Å². The van der Waals surface area contributed by atoms with Crippen LogP contribution in [0.2, 0.25) is 0 Å². The summed E-state index contributed by atoms with van der Waals surface area (Å²) < 4.78 is 0. The molecule has 1 saturated heterocycles. The zero-order valence-corrected chi connectivity index (χ0v) is 12.1. The molecule has 0 saturated carbocycles. The molecule has 3 rings (SSSR count). The average molecular weight is 319 g/mol. The number of carbonyl (C=O) groups is 1. The molecule has 1 aliphatic heterocycles. The lowest BCUT2D eigenvalue weighted by Crippen LogP contribution is -2.24. The molecule has 0 radical (unpaired) electrons. The molecule has 0 N–H and O–H groups in total. The van der Waals surface area contributed by atoms with Crippen LogP contribution in [0.4, 0.5) is 0 Å². The van der Waals surface area contributed by atoms with Gasteiger partial charge in [0.25, 0.3) is 0 Å². The Hall–Kier alpha value is -1.42. The highest BCUT2D eigenvalue weighted by Gasteiger charge is 2.28. The van der Waals surface area contributed by atoms with Crippen molar-refractivity contribution in [1.82, 2.24) is 9.88 Å². The van der Waals surface area contributed by atoms with Gasteiger partial charge in [-0.15, -0.1) is 0 Å². The van der Waals surface area contributed by atoms with Gasteiger partial charge >= 0.3 is 0 Å². The van der Waals surface area contributed by atoms with Crippen molar-refractivity contribution in [2.24, 2.45) is 5.92 Å². The lowest BCUT2D eigenvalue weighted by Gasteiger charge is -2.17. The lowest BCUT2D eigenvalue weighted by molar-refractivity contribution is -0.128. The van der Waals surface area contributed by atoms with Crippen LogP contribution in [0.3, 0.4) is 0 Å². The molecule has 1 amide bonds. The highest BCUT2D eigenvalue weighted by atomic mass is 79.9. The highest BCUT2D eigenvalue weighted by molar-refractivity contribution is 9.09. The van der Waals surface area contributed by atoms with Crippen LogP contribution in [0.15, 0.2) is 36.7 Å². The Morgan fingerprint density at radius 1 is 1.32 bits per heavy atom. The minimum absolute atomic E-state index is 0.248. The fourth-order valence-corrected chi connectivity index (χ4v) is 3.05. The second kappa shape index (κ2) is 5.29. The van der Waals surface area contributed by atoms with E-state index in [1.165, 1.54) is 5.39 Å². The summed E-state index contributed by atoms with van der Waals surface area (Å²) in [4.78, 5) is 18.2. The van der Waals surface area contributed by atoms with Crippen LogP contribution in [0.1, 0.15) is 12.0 Å². The molecule has 0 bridgehead atoms. The molecule has 4 heteroatoms. The van der Waals surface area contributed by atoms with Gasteiger partial charge in [-0.1, -0.05) is 40.2 Å². The van der Waals surface area contributed by atoms with Crippen LogP contribution in [0.25, 0.3) is 10.8 Å². The molecule has 2 heterocycles. The third-order valence-corrected chi connectivity index (χ3v) is 4.54. The number of hydrogen-bond donors (Lipinski definition) is 0. The number of alkyl halides is 1. The molecule has 2 aromatic rings. The quantitative estimate of drug-likeness (QED) is 0.815. The Bertz CT molecular complexity index is 609. The molecule has 98 valence electrons. The monoisotopic (exact) mass is 318 g/mol. The van der Waals surface area contributed by atoms with E-state index in [4.69, 9.17) is 0 Å². The van der Waals surface area contributed by atoms with Crippen LogP contribution in [0, 0.1) is 5.92 Å². The van der Waals surface area contributed by atoms with Crippen molar-refractivity contribution in [3.8, 4) is 0 Å². The maximum Gasteiger partial charge on any atom is 0.223 e. The molecule has 1 unspecified atom stereocenters. The number of rotatable bonds is 3. The summed E-state index contributed by atoms with van der Waals surface area (Å²) in [7, 11) is 0. The Labute approximate surface area is 120 Å². The molecule has 1 aromatic heterocycles. The highest BCUT2D eigenvalue weighted by Crippen LogP contribution is 2.24. The average Bonchev–Trinajstić information content (AvgIpc) is 2.80. The molecule has 1 aliphatic rings. The largest absolute Gasteiger partial charge is 0.338 e. The predicted octanol–water partition coefficient (Wildman–Crippen LogP) is 2.98. The van der Waals surface area contributed by atoms with Gasteiger partial charge in [-0.3, -0.25) is 9.78 Å². The molecule has 1 fully saturated rings. The minimum atomic E-state index is 0.248.